The van der Waals surface area contributed by atoms with Crippen molar-refractivity contribution in [1.82, 2.24) is 10.2 Å². The molecule has 3 unspecified atom stereocenters. The summed E-state index contributed by atoms with van der Waals surface area (Å²) in [6.07, 6.45) is 9.97. The van der Waals surface area contributed by atoms with Gasteiger partial charge in [0.2, 0.25) is 0 Å². The molecule has 0 amide bonds. The van der Waals surface area contributed by atoms with Crippen LogP contribution >= 0.6 is 0 Å². The Bertz CT molecular complexity index is 322. The van der Waals surface area contributed by atoms with E-state index in [1.54, 1.807) is 0 Å². The number of nitrogens with zero attached hydrogens (tertiary/aromatic N) is 2. The largest absolute Gasteiger partial charge is 0.300 e. The van der Waals surface area contributed by atoms with Gasteiger partial charge in [-0.1, -0.05) is 26.7 Å². The molecule has 19 heavy (non-hydrogen) atoms. The highest BCUT2D eigenvalue weighted by atomic mass is 15.2. The second kappa shape index (κ2) is 6.72. The molecule has 0 aromatic heterocycles. The van der Waals surface area contributed by atoms with Gasteiger partial charge in [0.15, 0.2) is 0 Å². The number of hydrogen-bond acceptors (Lipinski definition) is 3. The summed E-state index contributed by atoms with van der Waals surface area (Å²) in [4.78, 5) is 2.74. The summed E-state index contributed by atoms with van der Waals surface area (Å²) in [5.74, 6) is 0. The number of rotatable bonds is 4. The van der Waals surface area contributed by atoms with Crippen molar-refractivity contribution in [3.05, 3.63) is 0 Å². The highest BCUT2D eigenvalue weighted by molar-refractivity contribution is 5.13. The molecule has 3 atom stereocenters. The lowest BCUT2D eigenvalue weighted by Crippen LogP contribution is -2.46. The van der Waals surface area contributed by atoms with Gasteiger partial charge in [-0.2, -0.15) is 5.26 Å². The Kier molecular flexibility index (Phi) is 5.24. The van der Waals surface area contributed by atoms with Crippen LogP contribution in [-0.2, 0) is 0 Å². The molecule has 0 bridgehead atoms. The van der Waals surface area contributed by atoms with E-state index in [0.717, 1.165) is 25.4 Å². The third-order valence-corrected chi connectivity index (χ3v) is 5.08. The lowest BCUT2D eigenvalue weighted by molar-refractivity contribution is 0.130. The molecule has 1 heterocycles. The summed E-state index contributed by atoms with van der Waals surface area (Å²) < 4.78 is 0. The average molecular weight is 263 g/mol. The van der Waals surface area contributed by atoms with Crippen LogP contribution in [0, 0.1) is 11.3 Å². The van der Waals surface area contributed by atoms with Crippen LogP contribution in [0.4, 0.5) is 0 Å². The predicted molar refractivity (Wildman–Crippen MR) is 78.9 cm³/mol. The summed E-state index contributed by atoms with van der Waals surface area (Å²) in [6.45, 7) is 6.57. The molecule has 0 aromatic rings. The summed E-state index contributed by atoms with van der Waals surface area (Å²) >= 11 is 0. The van der Waals surface area contributed by atoms with Crippen molar-refractivity contribution in [2.24, 2.45) is 0 Å². The molecule has 1 aliphatic heterocycles. The van der Waals surface area contributed by atoms with Crippen molar-refractivity contribution in [3.8, 4) is 6.07 Å². The highest BCUT2D eigenvalue weighted by Crippen LogP contribution is 2.35. The second-order valence-electron chi connectivity index (χ2n) is 6.27. The topological polar surface area (TPSA) is 39.1 Å². The monoisotopic (exact) mass is 263 g/mol. The molecule has 108 valence electrons. The molecule has 0 aromatic carbocycles. The Morgan fingerprint density at radius 3 is 2.79 bits per heavy atom. The maximum atomic E-state index is 9.51. The molecule has 0 spiro atoms. The lowest BCUT2D eigenvalue weighted by Gasteiger charge is -2.35. The van der Waals surface area contributed by atoms with Crippen LogP contribution < -0.4 is 5.32 Å². The summed E-state index contributed by atoms with van der Waals surface area (Å²) in [7, 11) is 0. The van der Waals surface area contributed by atoms with E-state index >= 15 is 0 Å². The zero-order chi connectivity index (χ0) is 13.7. The van der Waals surface area contributed by atoms with E-state index in [1.165, 1.54) is 45.1 Å². The van der Waals surface area contributed by atoms with E-state index in [0.29, 0.717) is 6.04 Å². The fourth-order valence-electron chi connectivity index (χ4n) is 4.06. The van der Waals surface area contributed by atoms with E-state index in [9.17, 15) is 5.26 Å². The van der Waals surface area contributed by atoms with Gasteiger partial charge in [0.1, 0.15) is 5.54 Å². The first-order valence-electron chi connectivity index (χ1n) is 8.16. The van der Waals surface area contributed by atoms with Crippen LogP contribution in [0.15, 0.2) is 0 Å². The Balaban J connectivity index is 2.03. The molecule has 2 rings (SSSR count). The van der Waals surface area contributed by atoms with Gasteiger partial charge in [-0.15, -0.1) is 0 Å². The molecule has 1 saturated carbocycles. The molecule has 2 aliphatic rings. The van der Waals surface area contributed by atoms with Crippen LogP contribution in [-0.4, -0.2) is 35.6 Å². The minimum absolute atomic E-state index is 0.246. The SMILES string of the molecule is CCNC1(C#N)CCC(N2CCCCCC2CC)C1. The molecule has 0 radical (unpaired) electrons. The number of nitrogens with one attached hydrogen (secondary N) is 1. The van der Waals surface area contributed by atoms with E-state index in [1.807, 2.05) is 0 Å². The average Bonchev–Trinajstić information content (AvgIpc) is 2.70. The van der Waals surface area contributed by atoms with Crippen LogP contribution in [0.2, 0.25) is 0 Å². The Morgan fingerprint density at radius 1 is 1.26 bits per heavy atom. The minimum Gasteiger partial charge on any atom is -0.300 e. The van der Waals surface area contributed by atoms with Gasteiger partial charge in [0.25, 0.3) is 0 Å². The summed E-state index contributed by atoms with van der Waals surface area (Å²) in [6, 6.07) is 3.94. The first-order valence-corrected chi connectivity index (χ1v) is 8.16. The van der Waals surface area contributed by atoms with Gasteiger partial charge >= 0.3 is 0 Å². The van der Waals surface area contributed by atoms with Crippen molar-refractivity contribution in [2.45, 2.75) is 82.8 Å². The van der Waals surface area contributed by atoms with Crippen molar-refractivity contribution < 1.29 is 0 Å². The molecule has 2 fully saturated rings. The van der Waals surface area contributed by atoms with Crippen molar-refractivity contribution in [3.63, 3.8) is 0 Å². The molecule has 3 nitrogen and oxygen atoms in total. The normalized spacial score (nSPS) is 36.9. The first kappa shape index (κ1) is 14.8. The molecule has 1 saturated heterocycles. The second-order valence-corrected chi connectivity index (χ2v) is 6.27. The third-order valence-electron chi connectivity index (χ3n) is 5.08. The van der Waals surface area contributed by atoms with E-state index in [-0.39, 0.29) is 5.54 Å². The number of likely N-dealkylation sites (tertiary alicyclic amines) is 1. The maximum absolute atomic E-state index is 9.51. The molecular weight excluding hydrogens is 234 g/mol. The smallest absolute Gasteiger partial charge is 0.108 e. The maximum Gasteiger partial charge on any atom is 0.108 e. The number of nitriles is 1. The molecule has 1 N–H and O–H groups in total. The lowest BCUT2D eigenvalue weighted by atomic mass is 9.98. The van der Waals surface area contributed by atoms with Crippen LogP contribution in [0.3, 0.4) is 0 Å². The highest BCUT2D eigenvalue weighted by Gasteiger charge is 2.42. The standard InChI is InChI=1S/C16H29N3/c1-3-14-8-6-5-7-11-19(14)15-9-10-16(12-15,13-17)18-4-2/h14-15,18H,3-12H2,1-2H3. The van der Waals surface area contributed by atoms with Crippen LogP contribution in [0.25, 0.3) is 0 Å². The van der Waals surface area contributed by atoms with Gasteiger partial charge in [-0.25, -0.2) is 0 Å². The predicted octanol–water partition coefficient (Wildman–Crippen LogP) is 3.07. The fourth-order valence-corrected chi connectivity index (χ4v) is 4.06. The van der Waals surface area contributed by atoms with Crippen molar-refractivity contribution in [2.75, 3.05) is 13.1 Å². The summed E-state index contributed by atoms with van der Waals surface area (Å²) in [5, 5.41) is 12.9. The quantitative estimate of drug-likeness (QED) is 0.847. The fraction of sp³-hybridized carbons (Fsp3) is 0.938. The zero-order valence-electron chi connectivity index (χ0n) is 12.6. The third kappa shape index (κ3) is 3.30. The van der Waals surface area contributed by atoms with Gasteiger partial charge in [0.05, 0.1) is 6.07 Å². The Morgan fingerprint density at radius 2 is 2.11 bits per heavy atom. The summed E-state index contributed by atoms with van der Waals surface area (Å²) in [5.41, 5.74) is -0.246. The van der Waals surface area contributed by atoms with Gasteiger partial charge < -0.3 is 0 Å². The minimum atomic E-state index is -0.246. The Hall–Kier alpha value is -0.590. The van der Waals surface area contributed by atoms with E-state index in [2.05, 4.69) is 30.1 Å². The van der Waals surface area contributed by atoms with Gasteiger partial charge in [-0.05, 0) is 51.6 Å². The molecule has 3 heteroatoms. The van der Waals surface area contributed by atoms with Crippen LogP contribution in [0.5, 0.6) is 0 Å². The Labute approximate surface area is 118 Å². The molecular formula is C16H29N3. The zero-order valence-corrected chi connectivity index (χ0v) is 12.6. The first-order chi connectivity index (χ1) is 9.24. The van der Waals surface area contributed by atoms with Crippen LogP contribution in [0.1, 0.15) is 65.2 Å². The van der Waals surface area contributed by atoms with Crippen molar-refractivity contribution in [1.29, 1.82) is 5.26 Å². The van der Waals surface area contributed by atoms with Gasteiger partial charge in [-0.3, -0.25) is 10.2 Å². The molecule has 1 aliphatic carbocycles. The van der Waals surface area contributed by atoms with Crippen molar-refractivity contribution >= 4 is 0 Å². The van der Waals surface area contributed by atoms with E-state index < -0.39 is 0 Å². The van der Waals surface area contributed by atoms with E-state index in [4.69, 9.17) is 0 Å². The van der Waals surface area contributed by atoms with Gasteiger partial charge in [0, 0.05) is 12.1 Å². The number of hydrogen-bond donors (Lipinski definition) is 1.